The highest BCUT2D eigenvalue weighted by atomic mass is 16.5. The Bertz CT molecular complexity index is 551. The zero-order chi connectivity index (χ0) is 14.5. The van der Waals surface area contributed by atoms with Gasteiger partial charge in [-0.15, -0.1) is 0 Å². The lowest BCUT2D eigenvalue weighted by atomic mass is 10.0. The van der Waals surface area contributed by atoms with E-state index in [-0.39, 0.29) is 0 Å². The number of aryl methyl sites for hydroxylation is 2. The van der Waals surface area contributed by atoms with Crippen LogP contribution >= 0.6 is 0 Å². The summed E-state index contributed by atoms with van der Waals surface area (Å²) >= 11 is 0. The molecule has 0 amide bonds. The molecule has 0 atom stereocenters. The van der Waals surface area contributed by atoms with E-state index >= 15 is 0 Å². The van der Waals surface area contributed by atoms with Crippen molar-refractivity contribution in [2.45, 2.75) is 27.0 Å². The topological polar surface area (TPSA) is 44.5 Å². The third-order valence-corrected chi connectivity index (χ3v) is 3.51. The number of nitrogens with two attached hydrogens (primary N) is 1. The predicted octanol–water partition coefficient (Wildman–Crippen LogP) is 3.35. The smallest absolute Gasteiger partial charge is 0.166 e. The lowest BCUT2D eigenvalue weighted by Crippen LogP contribution is -2.06. The SMILES string of the molecule is COc1cccc(CN)c1OCc1c(C)cccc1C. The molecular formula is C17H21NO2. The maximum atomic E-state index is 5.99. The summed E-state index contributed by atoms with van der Waals surface area (Å²) in [6, 6.07) is 12.0. The number of methoxy groups -OCH3 is 1. The van der Waals surface area contributed by atoms with E-state index in [0.717, 1.165) is 17.1 Å². The fourth-order valence-electron chi connectivity index (χ4n) is 2.27. The minimum Gasteiger partial charge on any atom is -0.493 e. The highest BCUT2D eigenvalue weighted by Gasteiger charge is 2.11. The molecule has 20 heavy (non-hydrogen) atoms. The zero-order valence-corrected chi connectivity index (χ0v) is 12.3. The molecule has 0 saturated carbocycles. The second kappa shape index (κ2) is 6.44. The van der Waals surface area contributed by atoms with Crippen LogP contribution in [0.4, 0.5) is 0 Å². The fraction of sp³-hybridized carbons (Fsp3) is 0.294. The van der Waals surface area contributed by atoms with Gasteiger partial charge in [0.05, 0.1) is 7.11 Å². The fourth-order valence-corrected chi connectivity index (χ4v) is 2.27. The molecule has 0 fully saturated rings. The van der Waals surface area contributed by atoms with E-state index in [2.05, 4.69) is 32.0 Å². The van der Waals surface area contributed by atoms with E-state index < -0.39 is 0 Å². The summed E-state index contributed by atoms with van der Waals surface area (Å²) in [5.41, 5.74) is 10.4. The van der Waals surface area contributed by atoms with E-state index in [1.807, 2.05) is 18.2 Å². The van der Waals surface area contributed by atoms with Crippen molar-refractivity contribution in [3.05, 3.63) is 58.7 Å². The van der Waals surface area contributed by atoms with Gasteiger partial charge in [-0.25, -0.2) is 0 Å². The van der Waals surface area contributed by atoms with E-state index in [9.17, 15) is 0 Å². The Balaban J connectivity index is 2.27. The Kier molecular flexibility index (Phi) is 4.64. The molecule has 3 heteroatoms. The van der Waals surface area contributed by atoms with Gasteiger partial charge in [0, 0.05) is 12.1 Å². The number of rotatable bonds is 5. The molecule has 0 heterocycles. The maximum Gasteiger partial charge on any atom is 0.166 e. The Labute approximate surface area is 120 Å². The van der Waals surface area contributed by atoms with Crippen molar-refractivity contribution < 1.29 is 9.47 Å². The van der Waals surface area contributed by atoms with Crippen LogP contribution in [0.2, 0.25) is 0 Å². The minimum atomic E-state index is 0.430. The summed E-state index contributed by atoms with van der Waals surface area (Å²) in [5.74, 6) is 1.46. The second-order valence-electron chi connectivity index (χ2n) is 4.81. The molecule has 0 aromatic heterocycles. The van der Waals surface area contributed by atoms with E-state index in [4.69, 9.17) is 15.2 Å². The summed E-state index contributed by atoms with van der Waals surface area (Å²) in [6.07, 6.45) is 0. The summed E-state index contributed by atoms with van der Waals surface area (Å²) in [5, 5.41) is 0. The van der Waals surface area contributed by atoms with Gasteiger partial charge in [-0.05, 0) is 36.6 Å². The van der Waals surface area contributed by atoms with Crippen molar-refractivity contribution >= 4 is 0 Å². The largest absolute Gasteiger partial charge is 0.493 e. The molecule has 2 N–H and O–H groups in total. The Morgan fingerprint density at radius 1 is 1.00 bits per heavy atom. The van der Waals surface area contributed by atoms with Gasteiger partial charge >= 0.3 is 0 Å². The summed E-state index contributed by atoms with van der Waals surface area (Å²) < 4.78 is 11.3. The molecule has 0 aliphatic heterocycles. The lowest BCUT2D eigenvalue weighted by Gasteiger charge is -2.16. The minimum absolute atomic E-state index is 0.430. The zero-order valence-electron chi connectivity index (χ0n) is 12.3. The Morgan fingerprint density at radius 3 is 2.25 bits per heavy atom. The van der Waals surface area contributed by atoms with E-state index in [0.29, 0.717) is 13.2 Å². The normalized spacial score (nSPS) is 10.4. The van der Waals surface area contributed by atoms with Crippen LogP contribution in [0.1, 0.15) is 22.3 Å². The molecule has 2 aromatic carbocycles. The summed E-state index contributed by atoms with van der Waals surface area (Å²) in [4.78, 5) is 0. The van der Waals surface area contributed by atoms with Gasteiger partial charge in [0.2, 0.25) is 0 Å². The average molecular weight is 271 g/mol. The monoisotopic (exact) mass is 271 g/mol. The average Bonchev–Trinajstić information content (AvgIpc) is 2.46. The molecule has 0 bridgehead atoms. The molecule has 0 aliphatic carbocycles. The van der Waals surface area contributed by atoms with Crippen molar-refractivity contribution in [3.63, 3.8) is 0 Å². The first-order valence-corrected chi connectivity index (χ1v) is 6.71. The van der Waals surface area contributed by atoms with Crippen molar-refractivity contribution in [1.82, 2.24) is 0 Å². The molecular weight excluding hydrogens is 250 g/mol. The second-order valence-corrected chi connectivity index (χ2v) is 4.81. The molecule has 0 saturated heterocycles. The Morgan fingerprint density at radius 2 is 1.65 bits per heavy atom. The highest BCUT2D eigenvalue weighted by Crippen LogP contribution is 2.32. The van der Waals surface area contributed by atoms with E-state index in [1.54, 1.807) is 7.11 Å². The van der Waals surface area contributed by atoms with Gasteiger partial charge in [-0.1, -0.05) is 30.3 Å². The molecule has 0 spiro atoms. The van der Waals surface area contributed by atoms with Gasteiger partial charge in [0.15, 0.2) is 11.5 Å². The van der Waals surface area contributed by atoms with E-state index in [1.165, 1.54) is 16.7 Å². The third kappa shape index (κ3) is 2.94. The molecule has 0 radical (unpaired) electrons. The van der Waals surface area contributed by atoms with Gasteiger partial charge in [-0.2, -0.15) is 0 Å². The maximum absolute atomic E-state index is 5.99. The quantitative estimate of drug-likeness (QED) is 0.907. The van der Waals surface area contributed by atoms with Crippen molar-refractivity contribution in [3.8, 4) is 11.5 Å². The number of hydrogen-bond acceptors (Lipinski definition) is 3. The van der Waals surface area contributed by atoms with Crippen LogP contribution in [0, 0.1) is 13.8 Å². The number of para-hydroxylation sites is 1. The first kappa shape index (κ1) is 14.4. The highest BCUT2D eigenvalue weighted by molar-refractivity contribution is 5.47. The molecule has 0 unspecified atom stereocenters. The van der Waals surface area contributed by atoms with Crippen LogP contribution < -0.4 is 15.2 Å². The first-order chi connectivity index (χ1) is 9.67. The van der Waals surface area contributed by atoms with Crippen molar-refractivity contribution in [1.29, 1.82) is 0 Å². The van der Waals surface area contributed by atoms with Crippen LogP contribution in [-0.4, -0.2) is 7.11 Å². The molecule has 106 valence electrons. The number of ether oxygens (including phenoxy) is 2. The number of benzene rings is 2. The van der Waals surface area contributed by atoms with Crippen LogP contribution in [0.3, 0.4) is 0 Å². The van der Waals surface area contributed by atoms with Crippen molar-refractivity contribution in [2.24, 2.45) is 5.73 Å². The van der Waals surface area contributed by atoms with Crippen molar-refractivity contribution in [2.75, 3.05) is 7.11 Å². The van der Waals surface area contributed by atoms with Gasteiger partial charge < -0.3 is 15.2 Å². The summed E-state index contributed by atoms with van der Waals surface area (Å²) in [7, 11) is 1.64. The molecule has 0 aliphatic rings. The third-order valence-electron chi connectivity index (χ3n) is 3.51. The van der Waals surface area contributed by atoms with Gasteiger partial charge in [0.1, 0.15) is 6.61 Å². The number of hydrogen-bond donors (Lipinski definition) is 1. The Hall–Kier alpha value is -2.00. The van der Waals surface area contributed by atoms with Crippen LogP contribution in [0.15, 0.2) is 36.4 Å². The molecule has 2 rings (SSSR count). The lowest BCUT2D eigenvalue weighted by molar-refractivity contribution is 0.280. The molecule has 3 nitrogen and oxygen atoms in total. The molecule has 2 aromatic rings. The van der Waals surface area contributed by atoms with Gasteiger partial charge in [-0.3, -0.25) is 0 Å². The predicted molar refractivity (Wildman–Crippen MR) is 81.1 cm³/mol. The summed E-state index contributed by atoms with van der Waals surface area (Å²) in [6.45, 7) is 5.14. The van der Waals surface area contributed by atoms with Gasteiger partial charge in [0.25, 0.3) is 0 Å². The van der Waals surface area contributed by atoms with Crippen LogP contribution in [0.5, 0.6) is 11.5 Å². The van der Waals surface area contributed by atoms with Crippen LogP contribution in [0.25, 0.3) is 0 Å². The standard InChI is InChI=1S/C17H21NO2/c1-12-6-4-7-13(2)15(12)11-20-17-14(10-18)8-5-9-16(17)19-3/h4-9H,10-11,18H2,1-3H3. The van der Waals surface area contributed by atoms with Crippen LogP contribution in [-0.2, 0) is 13.2 Å². The first-order valence-electron chi connectivity index (χ1n) is 6.71.